The summed E-state index contributed by atoms with van der Waals surface area (Å²) < 4.78 is 4.95. The molecule has 0 spiro atoms. The van der Waals surface area contributed by atoms with Gasteiger partial charge in [0.1, 0.15) is 5.75 Å². The zero-order valence-corrected chi connectivity index (χ0v) is 9.01. The first kappa shape index (κ1) is 12.6. The van der Waals surface area contributed by atoms with Crippen LogP contribution in [0.25, 0.3) is 0 Å². The van der Waals surface area contributed by atoms with Crippen molar-refractivity contribution in [3.63, 3.8) is 0 Å². The Morgan fingerprint density at radius 2 is 2.06 bits per heavy atom. The van der Waals surface area contributed by atoms with Gasteiger partial charge in [0.15, 0.2) is 0 Å². The topological polar surface area (TPSA) is 95.9 Å². The number of benzene rings is 1. The standard InChI is InChI=1S/C11H11NO5/c1-17-8-4-2-3-7(5-8)12-10(14)6-9(13)11(15)16/h2-6,13H,1H3,(H,12,14)(H,15,16)/b9-6-. The Hall–Kier alpha value is -2.50. The first-order chi connectivity index (χ1) is 8.02. The Morgan fingerprint density at radius 1 is 1.35 bits per heavy atom. The minimum Gasteiger partial charge on any atom is -0.502 e. The lowest BCUT2D eigenvalue weighted by Gasteiger charge is -2.04. The molecular formula is C11H11NO5. The van der Waals surface area contributed by atoms with E-state index in [1.807, 2.05) is 0 Å². The molecule has 1 aromatic carbocycles. The molecule has 0 bridgehead atoms. The molecule has 0 aliphatic rings. The molecule has 90 valence electrons. The number of anilines is 1. The predicted molar refractivity (Wildman–Crippen MR) is 60.0 cm³/mol. The van der Waals surface area contributed by atoms with Gasteiger partial charge < -0.3 is 20.3 Å². The number of aliphatic hydroxyl groups is 1. The van der Waals surface area contributed by atoms with Crippen LogP contribution in [0.4, 0.5) is 5.69 Å². The lowest BCUT2D eigenvalue weighted by atomic mass is 10.3. The summed E-state index contributed by atoms with van der Waals surface area (Å²) in [6.07, 6.45) is 0.585. The van der Waals surface area contributed by atoms with Crippen molar-refractivity contribution in [2.24, 2.45) is 0 Å². The van der Waals surface area contributed by atoms with E-state index in [9.17, 15) is 9.59 Å². The zero-order valence-electron chi connectivity index (χ0n) is 9.01. The highest BCUT2D eigenvalue weighted by atomic mass is 16.5. The summed E-state index contributed by atoms with van der Waals surface area (Å²) in [6.45, 7) is 0. The molecule has 1 aromatic rings. The van der Waals surface area contributed by atoms with Crippen LogP contribution >= 0.6 is 0 Å². The van der Waals surface area contributed by atoms with Gasteiger partial charge in [-0.25, -0.2) is 4.79 Å². The molecule has 0 fully saturated rings. The maximum absolute atomic E-state index is 11.3. The third-order valence-corrected chi connectivity index (χ3v) is 1.82. The smallest absolute Gasteiger partial charge is 0.371 e. The Bertz CT molecular complexity index is 467. The van der Waals surface area contributed by atoms with Gasteiger partial charge in [0.2, 0.25) is 5.76 Å². The van der Waals surface area contributed by atoms with Crippen molar-refractivity contribution in [2.45, 2.75) is 0 Å². The Morgan fingerprint density at radius 3 is 2.65 bits per heavy atom. The van der Waals surface area contributed by atoms with Gasteiger partial charge in [-0.2, -0.15) is 0 Å². The zero-order chi connectivity index (χ0) is 12.8. The summed E-state index contributed by atoms with van der Waals surface area (Å²) in [7, 11) is 1.48. The number of methoxy groups -OCH3 is 1. The summed E-state index contributed by atoms with van der Waals surface area (Å²) in [5, 5.41) is 19.6. The maximum Gasteiger partial charge on any atom is 0.371 e. The van der Waals surface area contributed by atoms with Crippen molar-refractivity contribution in [1.29, 1.82) is 0 Å². The van der Waals surface area contributed by atoms with Crippen LogP contribution < -0.4 is 10.1 Å². The van der Waals surface area contributed by atoms with Gasteiger partial charge in [-0.15, -0.1) is 0 Å². The average Bonchev–Trinajstić information content (AvgIpc) is 2.28. The Kier molecular flexibility index (Phi) is 4.10. The first-order valence-electron chi connectivity index (χ1n) is 4.62. The lowest BCUT2D eigenvalue weighted by molar-refractivity contribution is -0.135. The molecule has 1 amide bonds. The molecule has 0 radical (unpaired) electrons. The summed E-state index contributed by atoms with van der Waals surface area (Å²) in [5.41, 5.74) is 0.434. The van der Waals surface area contributed by atoms with Crippen molar-refractivity contribution >= 4 is 17.6 Å². The number of hydrogen-bond donors (Lipinski definition) is 3. The average molecular weight is 237 g/mol. The molecule has 0 heterocycles. The molecule has 0 unspecified atom stereocenters. The summed E-state index contributed by atoms with van der Waals surface area (Å²) >= 11 is 0. The highest BCUT2D eigenvalue weighted by molar-refractivity contribution is 6.03. The molecule has 0 aromatic heterocycles. The molecular weight excluding hydrogens is 226 g/mol. The number of nitrogens with one attached hydrogen (secondary N) is 1. The van der Waals surface area contributed by atoms with Crippen LogP contribution in [0.3, 0.4) is 0 Å². The molecule has 0 saturated carbocycles. The minimum atomic E-state index is -1.56. The van der Waals surface area contributed by atoms with E-state index < -0.39 is 17.6 Å². The van der Waals surface area contributed by atoms with Crippen LogP contribution in [0.5, 0.6) is 5.75 Å². The normalized spacial score (nSPS) is 10.8. The summed E-state index contributed by atoms with van der Waals surface area (Å²) in [5.74, 6) is -2.77. The number of ether oxygens (including phenoxy) is 1. The van der Waals surface area contributed by atoms with Crippen LogP contribution in [-0.2, 0) is 9.59 Å². The number of amides is 1. The van der Waals surface area contributed by atoms with Crippen molar-refractivity contribution in [1.82, 2.24) is 0 Å². The molecule has 1 rings (SSSR count). The number of carbonyl (C=O) groups is 2. The van der Waals surface area contributed by atoms with E-state index in [1.165, 1.54) is 7.11 Å². The van der Waals surface area contributed by atoms with Gasteiger partial charge >= 0.3 is 5.97 Å². The molecule has 6 heteroatoms. The second-order valence-corrected chi connectivity index (χ2v) is 3.06. The third kappa shape index (κ3) is 3.86. The Labute approximate surface area is 97.1 Å². The van der Waals surface area contributed by atoms with E-state index in [1.54, 1.807) is 24.3 Å². The molecule has 0 saturated heterocycles. The van der Waals surface area contributed by atoms with Crippen LogP contribution in [-0.4, -0.2) is 29.2 Å². The molecule has 0 aliphatic heterocycles. The fourth-order valence-electron chi connectivity index (χ4n) is 1.07. The molecule has 3 N–H and O–H groups in total. The van der Waals surface area contributed by atoms with E-state index in [0.717, 1.165) is 0 Å². The van der Waals surface area contributed by atoms with Crippen molar-refractivity contribution in [3.05, 3.63) is 36.1 Å². The van der Waals surface area contributed by atoms with Crippen molar-refractivity contribution in [3.8, 4) is 5.75 Å². The highest BCUT2D eigenvalue weighted by Crippen LogP contribution is 2.16. The monoisotopic (exact) mass is 237 g/mol. The number of rotatable bonds is 4. The fourth-order valence-corrected chi connectivity index (χ4v) is 1.07. The highest BCUT2D eigenvalue weighted by Gasteiger charge is 2.07. The number of carbonyl (C=O) groups excluding carboxylic acids is 1. The second-order valence-electron chi connectivity index (χ2n) is 3.06. The third-order valence-electron chi connectivity index (χ3n) is 1.82. The van der Waals surface area contributed by atoms with Crippen molar-refractivity contribution in [2.75, 3.05) is 12.4 Å². The van der Waals surface area contributed by atoms with Crippen LogP contribution in [0.15, 0.2) is 36.1 Å². The Balaban J connectivity index is 2.74. The second kappa shape index (κ2) is 5.55. The van der Waals surface area contributed by atoms with Crippen LogP contribution in [0.1, 0.15) is 0 Å². The van der Waals surface area contributed by atoms with Crippen LogP contribution in [0.2, 0.25) is 0 Å². The molecule has 0 atom stereocenters. The largest absolute Gasteiger partial charge is 0.502 e. The van der Waals surface area contributed by atoms with Gasteiger partial charge in [-0.3, -0.25) is 4.79 Å². The van der Waals surface area contributed by atoms with Crippen LogP contribution in [0, 0.1) is 0 Å². The minimum absolute atomic E-state index is 0.434. The van der Waals surface area contributed by atoms with Crippen molar-refractivity contribution < 1.29 is 24.5 Å². The number of aliphatic hydroxyl groups excluding tert-OH is 1. The number of carboxylic acid groups (broad SMARTS) is 1. The van der Waals surface area contributed by atoms with Gasteiger partial charge in [0.05, 0.1) is 13.2 Å². The molecule has 17 heavy (non-hydrogen) atoms. The van der Waals surface area contributed by atoms with E-state index in [4.69, 9.17) is 14.9 Å². The summed E-state index contributed by atoms with van der Waals surface area (Å²) in [4.78, 5) is 21.5. The molecule has 0 aliphatic carbocycles. The summed E-state index contributed by atoms with van der Waals surface area (Å²) in [6, 6.07) is 6.52. The molecule has 6 nitrogen and oxygen atoms in total. The predicted octanol–water partition coefficient (Wildman–Crippen LogP) is 1.16. The lowest BCUT2D eigenvalue weighted by Crippen LogP contribution is -2.11. The number of aliphatic carboxylic acids is 1. The number of hydrogen-bond acceptors (Lipinski definition) is 4. The SMILES string of the molecule is COc1cccc(NC(=O)/C=C(\O)C(=O)O)c1. The van der Waals surface area contributed by atoms with Gasteiger partial charge in [0.25, 0.3) is 5.91 Å². The van der Waals surface area contributed by atoms with Gasteiger partial charge in [-0.05, 0) is 12.1 Å². The van der Waals surface area contributed by atoms with Gasteiger partial charge in [0, 0.05) is 11.8 Å². The van der Waals surface area contributed by atoms with E-state index in [2.05, 4.69) is 5.32 Å². The first-order valence-corrected chi connectivity index (χ1v) is 4.62. The number of carboxylic acids is 1. The van der Waals surface area contributed by atoms with E-state index in [-0.39, 0.29) is 0 Å². The van der Waals surface area contributed by atoms with E-state index >= 15 is 0 Å². The fraction of sp³-hybridized carbons (Fsp3) is 0.0909. The van der Waals surface area contributed by atoms with Gasteiger partial charge in [-0.1, -0.05) is 6.07 Å². The van der Waals surface area contributed by atoms with E-state index in [0.29, 0.717) is 17.5 Å². The quantitative estimate of drug-likeness (QED) is 0.539. The maximum atomic E-state index is 11.3.